The quantitative estimate of drug-likeness (QED) is 0.546. The highest BCUT2D eigenvalue weighted by Crippen LogP contribution is 2.14. The molecule has 0 radical (unpaired) electrons. The van der Waals surface area contributed by atoms with E-state index in [9.17, 15) is 9.59 Å². The molecule has 0 aromatic heterocycles. The smallest absolute Gasteiger partial charge is 0.318 e. The molecule has 0 spiro atoms. The second-order valence-electron chi connectivity index (χ2n) is 4.37. The molecule has 0 aliphatic carbocycles. The number of Topliss-reactive ketones (excluding diaryl/α,β-unsaturated/α-hetero) is 1. The van der Waals surface area contributed by atoms with Crippen LogP contribution >= 0.6 is 12.4 Å². The first-order valence-corrected chi connectivity index (χ1v) is 5.42. The molecule has 0 amide bonds. The van der Waals surface area contributed by atoms with Gasteiger partial charge in [0.15, 0.2) is 0 Å². The summed E-state index contributed by atoms with van der Waals surface area (Å²) in [6.07, 6.45) is 1.17. The van der Waals surface area contributed by atoms with Crippen molar-refractivity contribution < 1.29 is 14.3 Å². The minimum absolute atomic E-state index is 0. The second-order valence-corrected chi connectivity index (χ2v) is 4.37. The summed E-state index contributed by atoms with van der Waals surface area (Å²) in [6, 6.07) is 0. The third-order valence-electron chi connectivity index (χ3n) is 2.48. The predicted octanol–water partition coefficient (Wildman–Crippen LogP) is 1.27. The molecular weight excluding hydrogens is 230 g/mol. The minimum atomic E-state index is -0.583. The van der Waals surface area contributed by atoms with Crippen molar-refractivity contribution in [1.29, 1.82) is 0 Å². The monoisotopic (exact) mass is 249 g/mol. The summed E-state index contributed by atoms with van der Waals surface area (Å²) in [5, 5.41) is 0. The molecule has 0 bridgehead atoms. The van der Waals surface area contributed by atoms with Crippen molar-refractivity contribution in [2.24, 2.45) is 5.92 Å². The summed E-state index contributed by atoms with van der Waals surface area (Å²) in [5.74, 6) is -0.936. The molecule has 94 valence electrons. The lowest BCUT2D eigenvalue weighted by atomic mass is 10.0. The number of hydrogen-bond donors (Lipinski definition) is 0. The van der Waals surface area contributed by atoms with E-state index in [1.165, 1.54) is 0 Å². The van der Waals surface area contributed by atoms with Gasteiger partial charge in [0.05, 0.1) is 6.10 Å². The Bertz CT molecular complexity index is 256. The fourth-order valence-electron chi connectivity index (χ4n) is 1.72. The topological polar surface area (TPSA) is 46.6 Å². The maximum atomic E-state index is 11.7. The molecule has 4 nitrogen and oxygen atoms in total. The zero-order chi connectivity index (χ0) is 11.4. The summed E-state index contributed by atoms with van der Waals surface area (Å²) >= 11 is 0. The SMILES string of the molecule is CC(C)OC(=O)C1CN(C)CCCC1=O.Cl. The Morgan fingerprint density at radius 2 is 2.12 bits per heavy atom. The summed E-state index contributed by atoms with van der Waals surface area (Å²) in [6.45, 7) is 4.95. The predicted molar refractivity (Wildman–Crippen MR) is 63.7 cm³/mol. The first-order chi connectivity index (χ1) is 7.00. The molecule has 16 heavy (non-hydrogen) atoms. The lowest BCUT2D eigenvalue weighted by molar-refractivity contribution is -0.155. The summed E-state index contributed by atoms with van der Waals surface area (Å²) in [4.78, 5) is 25.3. The van der Waals surface area contributed by atoms with Crippen LogP contribution in [0.1, 0.15) is 26.7 Å². The molecule has 0 aromatic carbocycles. The lowest BCUT2D eigenvalue weighted by Gasteiger charge is -2.18. The van der Waals surface area contributed by atoms with E-state index < -0.39 is 5.92 Å². The van der Waals surface area contributed by atoms with Crippen molar-refractivity contribution in [3.63, 3.8) is 0 Å². The van der Waals surface area contributed by atoms with Crippen LogP contribution in [-0.2, 0) is 14.3 Å². The third-order valence-corrected chi connectivity index (χ3v) is 2.48. The van der Waals surface area contributed by atoms with Crippen LogP contribution in [0.25, 0.3) is 0 Å². The number of carbonyl (C=O) groups excluding carboxylic acids is 2. The fourth-order valence-corrected chi connectivity index (χ4v) is 1.72. The van der Waals surface area contributed by atoms with Gasteiger partial charge in [0, 0.05) is 13.0 Å². The first-order valence-electron chi connectivity index (χ1n) is 5.42. The Morgan fingerprint density at radius 3 is 2.69 bits per heavy atom. The lowest BCUT2D eigenvalue weighted by Crippen LogP contribution is -2.35. The Labute approximate surface area is 103 Å². The van der Waals surface area contributed by atoms with E-state index >= 15 is 0 Å². The van der Waals surface area contributed by atoms with Crippen molar-refractivity contribution >= 4 is 24.2 Å². The van der Waals surface area contributed by atoms with Gasteiger partial charge in [-0.05, 0) is 33.9 Å². The number of halogens is 1. The van der Waals surface area contributed by atoms with Crippen LogP contribution in [0.2, 0.25) is 0 Å². The van der Waals surface area contributed by atoms with Gasteiger partial charge < -0.3 is 9.64 Å². The largest absolute Gasteiger partial charge is 0.462 e. The second kappa shape index (κ2) is 6.86. The van der Waals surface area contributed by atoms with E-state index in [2.05, 4.69) is 0 Å². The Kier molecular flexibility index (Phi) is 6.60. The van der Waals surface area contributed by atoms with Gasteiger partial charge >= 0.3 is 5.97 Å². The number of rotatable bonds is 2. The Morgan fingerprint density at radius 1 is 1.50 bits per heavy atom. The normalized spacial score (nSPS) is 22.5. The standard InChI is InChI=1S/C11H19NO3.ClH/c1-8(2)15-11(14)9-7-12(3)6-4-5-10(9)13;/h8-9H,4-7H2,1-3H3;1H. The summed E-state index contributed by atoms with van der Waals surface area (Å²) in [7, 11) is 1.92. The molecule has 1 aliphatic rings. The highest BCUT2D eigenvalue weighted by molar-refractivity contribution is 5.99. The van der Waals surface area contributed by atoms with Crippen LogP contribution < -0.4 is 0 Å². The van der Waals surface area contributed by atoms with Gasteiger partial charge in [-0.3, -0.25) is 9.59 Å². The van der Waals surface area contributed by atoms with Crippen molar-refractivity contribution in [2.75, 3.05) is 20.1 Å². The van der Waals surface area contributed by atoms with Gasteiger partial charge in [0.1, 0.15) is 11.7 Å². The molecule has 1 heterocycles. The number of ether oxygens (including phenoxy) is 1. The van der Waals surface area contributed by atoms with E-state index in [1.807, 2.05) is 11.9 Å². The van der Waals surface area contributed by atoms with Gasteiger partial charge in [0.25, 0.3) is 0 Å². The fraction of sp³-hybridized carbons (Fsp3) is 0.818. The van der Waals surface area contributed by atoms with Gasteiger partial charge in [-0.2, -0.15) is 0 Å². The summed E-state index contributed by atoms with van der Waals surface area (Å²) in [5.41, 5.74) is 0. The van der Waals surface area contributed by atoms with Gasteiger partial charge in [0.2, 0.25) is 0 Å². The van der Waals surface area contributed by atoms with Crippen LogP contribution in [0.3, 0.4) is 0 Å². The molecule has 1 unspecified atom stereocenters. The maximum absolute atomic E-state index is 11.7. The highest BCUT2D eigenvalue weighted by Gasteiger charge is 2.31. The molecule has 1 saturated heterocycles. The van der Waals surface area contributed by atoms with Crippen molar-refractivity contribution in [3.8, 4) is 0 Å². The van der Waals surface area contributed by atoms with Crippen molar-refractivity contribution in [2.45, 2.75) is 32.8 Å². The van der Waals surface area contributed by atoms with Crippen molar-refractivity contribution in [1.82, 2.24) is 4.90 Å². The van der Waals surface area contributed by atoms with Crippen molar-refractivity contribution in [3.05, 3.63) is 0 Å². The molecule has 1 fully saturated rings. The molecule has 0 N–H and O–H groups in total. The van der Waals surface area contributed by atoms with Gasteiger partial charge in [-0.1, -0.05) is 0 Å². The van der Waals surface area contributed by atoms with E-state index in [4.69, 9.17) is 4.74 Å². The zero-order valence-electron chi connectivity index (χ0n) is 10.1. The third kappa shape index (κ3) is 4.49. The molecule has 1 atom stereocenters. The molecule has 1 aliphatic heterocycles. The van der Waals surface area contributed by atoms with E-state index in [0.29, 0.717) is 13.0 Å². The number of esters is 1. The van der Waals surface area contributed by atoms with Crippen LogP contribution in [-0.4, -0.2) is 42.9 Å². The number of carbonyl (C=O) groups is 2. The molecular formula is C11H20ClNO3. The first kappa shape index (κ1) is 15.4. The van der Waals surface area contributed by atoms with Gasteiger partial charge in [-0.15, -0.1) is 12.4 Å². The van der Waals surface area contributed by atoms with Crippen LogP contribution in [0.15, 0.2) is 0 Å². The van der Waals surface area contributed by atoms with E-state index in [0.717, 1.165) is 13.0 Å². The Balaban J connectivity index is 0.00000225. The molecule has 5 heteroatoms. The van der Waals surface area contributed by atoms with Crippen LogP contribution in [0, 0.1) is 5.92 Å². The average Bonchev–Trinajstić information content (AvgIpc) is 2.27. The number of hydrogen-bond acceptors (Lipinski definition) is 4. The van der Waals surface area contributed by atoms with E-state index in [1.54, 1.807) is 13.8 Å². The van der Waals surface area contributed by atoms with E-state index in [-0.39, 0.29) is 30.3 Å². The maximum Gasteiger partial charge on any atom is 0.318 e. The molecule has 0 saturated carbocycles. The minimum Gasteiger partial charge on any atom is -0.462 e. The summed E-state index contributed by atoms with van der Waals surface area (Å²) < 4.78 is 5.08. The van der Waals surface area contributed by atoms with Gasteiger partial charge in [-0.25, -0.2) is 0 Å². The number of ketones is 1. The number of likely N-dealkylation sites (tertiary alicyclic amines) is 1. The molecule has 0 aromatic rings. The highest BCUT2D eigenvalue weighted by atomic mass is 35.5. The van der Waals surface area contributed by atoms with Crippen LogP contribution in [0.4, 0.5) is 0 Å². The average molecular weight is 250 g/mol. The zero-order valence-corrected chi connectivity index (χ0v) is 10.9. The number of nitrogens with zero attached hydrogens (tertiary/aromatic N) is 1. The molecule has 1 rings (SSSR count). The van der Waals surface area contributed by atoms with Crippen LogP contribution in [0.5, 0.6) is 0 Å². The Hall–Kier alpha value is -0.610.